The lowest BCUT2D eigenvalue weighted by Crippen LogP contribution is -2.17. The Morgan fingerprint density at radius 2 is 1.92 bits per heavy atom. The third kappa shape index (κ3) is 6.39. The molecule has 0 bridgehead atoms. The van der Waals surface area contributed by atoms with Gasteiger partial charge >= 0.3 is 0 Å². The molecule has 3 aromatic rings. The standard InChI is InChI=1S/C21H22N6O3.C5H10O/c1-27-9-8-15(26-27)13-4-3-5-16(19(13)30-2)24-17-10-18(23-11-14(17)20(22)28)25-21(29)12-6-7-12;1-2-4-6-5-3-1/h3-5,8-12H,6-7H2,1-2H3,(H2,22,28)(H2,23,24,25,29);1-5H2. The van der Waals surface area contributed by atoms with Crippen molar-refractivity contribution in [1.82, 2.24) is 14.8 Å². The van der Waals surface area contributed by atoms with Gasteiger partial charge < -0.3 is 25.8 Å². The lowest BCUT2D eigenvalue weighted by atomic mass is 10.1. The number of amides is 2. The summed E-state index contributed by atoms with van der Waals surface area (Å²) in [5.41, 5.74) is 8.30. The number of carbonyl (C=O) groups is 2. The van der Waals surface area contributed by atoms with Crippen molar-refractivity contribution in [3.8, 4) is 17.0 Å². The topological polar surface area (TPSA) is 133 Å². The number of nitrogens with one attached hydrogen (secondary N) is 2. The van der Waals surface area contributed by atoms with E-state index < -0.39 is 5.91 Å². The molecule has 1 saturated carbocycles. The summed E-state index contributed by atoms with van der Waals surface area (Å²) in [5, 5.41) is 10.4. The van der Waals surface area contributed by atoms with Crippen LogP contribution in [-0.2, 0) is 16.6 Å². The molecule has 0 unspecified atom stereocenters. The molecule has 36 heavy (non-hydrogen) atoms. The zero-order chi connectivity index (χ0) is 25.5. The van der Waals surface area contributed by atoms with E-state index in [0.29, 0.717) is 22.9 Å². The number of benzene rings is 1. The summed E-state index contributed by atoms with van der Waals surface area (Å²) in [7, 11) is 3.40. The van der Waals surface area contributed by atoms with E-state index in [0.717, 1.165) is 37.3 Å². The number of nitrogens with zero attached hydrogens (tertiary/aromatic N) is 3. The van der Waals surface area contributed by atoms with Crippen molar-refractivity contribution in [3.05, 3.63) is 48.3 Å². The van der Waals surface area contributed by atoms with E-state index in [4.69, 9.17) is 15.2 Å². The molecule has 1 saturated heterocycles. The minimum absolute atomic E-state index is 0.0363. The van der Waals surface area contributed by atoms with Crippen molar-refractivity contribution in [2.24, 2.45) is 18.7 Å². The van der Waals surface area contributed by atoms with E-state index >= 15 is 0 Å². The third-order valence-corrected chi connectivity index (χ3v) is 5.92. The van der Waals surface area contributed by atoms with Crippen LogP contribution >= 0.6 is 0 Å². The first-order valence-corrected chi connectivity index (χ1v) is 12.1. The normalized spacial score (nSPS) is 14.8. The van der Waals surface area contributed by atoms with Gasteiger partial charge in [-0.15, -0.1) is 0 Å². The average Bonchev–Trinajstić information content (AvgIpc) is 3.66. The van der Waals surface area contributed by atoms with Gasteiger partial charge in [0.1, 0.15) is 5.82 Å². The van der Waals surface area contributed by atoms with E-state index in [1.54, 1.807) is 17.9 Å². The van der Waals surface area contributed by atoms with Gasteiger partial charge in [-0.05, 0) is 50.3 Å². The van der Waals surface area contributed by atoms with Crippen LogP contribution in [-0.4, -0.2) is 46.9 Å². The largest absolute Gasteiger partial charge is 0.494 e. The summed E-state index contributed by atoms with van der Waals surface area (Å²) in [4.78, 5) is 28.1. The lowest BCUT2D eigenvalue weighted by molar-refractivity contribution is -0.117. The van der Waals surface area contributed by atoms with Crippen LogP contribution in [0.1, 0.15) is 42.5 Å². The minimum Gasteiger partial charge on any atom is -0.494 e. The first-order chi connectivity index (χ1) is 17.5. The molecule has 2 fully saturated rings. The van der Waals surface area contributed by atoms with E-state index in [9.17, 15) is 9.59 Å². The number of carbonyl (C=O) groups excluding carboxylic acids is 2. The first kappa shape index (κ1) is 25.2. The maximum Gasteiger partial charge on any atom is 0.252 e. The Morgan fingerprint density at radius 1 is 1.14 bits per heavy atom. The van der Waals surface area contributed by atoms with Gasteiger partial charge in [0.2, 0.25) is 5.91 Å². The summed E-state index contributed by atoms with van der Waals surface area (Å²) in [6.07, 6.45) is 8.89. The molecule has 2 aliphatic rings. The Labute approximate surface area is 210 Å². The van der Waals surface area contributed by atoms with Crippen molar-refractivity contribution >= 4 is 29.0 Å². The van der Waals surface area contributed by atoms with Gasteiger partial charge in [0, 0.05) is 50.2 Å². The molecule has 0 radical (unpaired) electrons. The van der Waals surface area contributed by atoms with Crippen LogP contribution in [0.25, 0.3) is 11.3 Å². The van der Waals surface area contributed by atoms with Gasteiger partial charge in [-0.1, -0.05) is 6.07 Å². The second-order valence-electron chi connectivity index (χ2n) is 8.80. The number of methoxy groups -OCH3 is 1. The number of anilines is 3. The van der Waals surface area contributed by atoms with E-state index in [1.165, 1.54) is 25.5 Å². The SMILES string of the molecule is C1CCOCC1.COc1c(Nc2cc(NC(=O)C3CC3)ncc2C(N)=O)cccc1-c1ccn(C)n1. The van der Waals surface area contributed by atoms with Gasteiger partial charge in [0.05, 0.1) is 29.7 Å². The number of pyridine rings is 1. The molecule has 5 rings (SSSR count). The highest BCUT2D eigenvalue weighted by Gasteiger charge is 2.30. The summed E-state index contributed by atoms with van der Waals surface area (Å²) >= 11 is 0. The minimum atomic E-state index is -0.634. The number of rotatable bonds is 7. The fraction of sp³-hybridized carbons (Fsp3) is 0.385. The molecule has 2 amide bonds. The average molecular weight is 493 g/mol. The monoisotopic (exact) mass is 492 g/mol. The van der Waals surface area contributed by atoms with Crippen molar-refractivity contribution in [3.63, 3.8) is 0 Å². The summed E-state index contributed by atoms with van der Waals surface area (Å²) in [6.45, 7) is 2.00. The molecule has 1 aliphatic carbocycles. The molecule has 4 N–H and O–H groups in total. The zero-order valence-corrected chi connectivity index (χ0v) is 20.6. The number of hydrogen-bond donors (Lipinski definition) is 3. The van der Waals surface area contributed by atoms with Gasteiger partial charge in [-0.25, -0.2) is 4.98 Å². The van der Waals surface area contributed by atoms with Gasteiger partial charge in [-0.2, -0.15) is 5.10 Å². The van der Waals surface area contributed by atoms with Crippen molar-refractivity contribution in [1.29, 1.82) is 0 Å². The van der Waals surface area contributed by atoms with Crippen LogP contribution in [0, 0.1) is 5.92 Å². The van der Waals surface area contributed by atoms with Gasteiger partial charge in [-0.3, -0.25) is 14.3 Å². The summed E-state index contributed by atoms with van der Waals surface area (Å²) in [6, 6.07) is 9.05. The first-order valence-electron chi connectivity index (χ1n) is 12.1. The van der Waals surface area contributed by atoms with E-state index in [2.05, 4.69) is 20.7 Å². The van der Waals surface area contributed by atoms with Crippen LogP contribution in [0.4, 0.5) is 17.2 Å². The highest BCUT2D eigenvalue weighted by molar-refractivity contribution is 6.01. The van der Waals surface area contributed by atoms with E-state index in [1.807, 2.05) is 37.5 Å². The molecule has 2 aromatic heterocycles. The molecular weight excluding hydrogens is 460 g/mol. The zero-order valence-electron chi connectivity index (χ0n) is 20.6. The van der Waals surface area contributed by atoms with Crippen LogP contribution < -0.4 is 21.1 Å². The van der Waals surface area contributed by atoms with Crippen molar-refractivity contribution in [2.75, 3.05) is 31.0 Å². The fourth-order valence-electron chi connectivity index (χ4n) is 3.85. The number of nitrogens with two attached hydrogens (primary N) is 1. The molecule has 10 heteroatoms. The Balaban J connectivity index is 0.000000445. The van der Waals surface area contributed by atoms with Crippen LogP contribution in [0.3, 0.4) is 0 Å². The van der Waals surface area contributed by atoms with E-state index in [-0.39, 0.29) is 17.4 Å². The lowest BCUT2D eigenvalue weighted by Gasteiger charge is -2.16. The number of primary amides is 1. The number of ether oxygens (including phenoxy) is 2. The quantitative estimate of drug-likeness (QED) is 0.456. The molecule has 1 aliphatic heterocycles. The van der Waals surface area contributed by atoms with Gasteiger partial charge in [0.25, 0.3) is 5.91 Å². The van der Waals surface area contributed by atoms with Crippen LogP contribution in [0.5, 0.6) is 5.75 Å². The highest BCUT2D eigenvalue weighted by Crippen LogP contribution is 2.38. The third-order valence-electron chi connectivity index (χ3n) is 5.92. The molecule has 0 atom stereocenters. The number of aromatic nitrogens is 3. The molecule has 10 nitrogen and oxygen atoms in total. The Bertz CT molecular complexity index is 1210. The fourth-order valence-corrected chi connectivity index (χ4v) is 3.85. The van der Waals surface area contributed by atoms with Crippen molar-refractivity contribution in [2.45, 2.75) is 32.1 Å². The molecule has 190 valence electrons. The molecule has 1 aromatic carbocycles. The maximum absolute atomic E-state index is 12.1. The predicted molar refractivity (Wildman–Crippen MR) is 137 cm³/mol. The molecule has 3 heterocycles. The van der Waals surface area contributed by atoms with Gasteiger partial charge in [0.15, 0.2) is 5.75 Å². The molecular formula is C26H32N6O4. The number of aryl methyl sites for hydroxylation is 1. The smallest absolute Gasteiger partial charge is 0.252 e. The number of para-hydroxylation sites is 1. The second-order valence-corrected chi connectivity index (χ2v) is 8.80. The maximum atomic E-state index is 12.1. The molecule has 0 spiro atoms. The predicted octanol–water partition coefficient (Wildman–Crippen LogP) is 3.87. The van der Waals surface area contributed by atoms with Crippen LogP contribution in [0.15, 0.2) is 42.7 Å². The Hall–Kier alpha value is -3.92. The second kappa shape index (κ2) is 11.7. The Kier molecular flexibility index (Phi) is 8.17. The number of hydrogen-bond acceptors (Lipinski definition) is 7. The Morgan fingerprint density at radius 3 is 2.47 bits per heavy atom. The highest BCUT2D eigenvalue weighted by atomic mass is 16.5. The van der Waals surface area contributed by atoms with Crippen molar-refractivity contribution < 1.29 is 19.1 Å². The summed E-state index contributed by atoms with van der Waals surface area (Å²) in [5.74, 6) is 0.236. The summed E-state index contributed by atoms with van der Waals surface area (Å²) < 4.78 is 12.4. The van der Waals surface area contributed by atoms with Crippen LogP contribution in [0.2, 0.25) is 0 Å².